The highest BCUT2D eigenvalue weighted by Gasteiger charge is 2.41. The molecule has 0 radical (unpaired) electrons. The van der Waals surface area contributed by atoms with Gasteiger partial charge >= 0.3 is 0 Å². The zero-order valence-electron chi connectivity index (χ0n) is 16.0. The van der Waals surface area contributed by atoms with Crippen LogP contribution in [0, 0.1) is 18.8 Å². The van der Waals surface area contributed by atoms with Crippen LogP contribution in [0.1, 0.15) is 32.8 Å². The predicted octanol–water partition coefficient (Wildman–Crippen LogP) is 2.38. The summed E-state index contributed by atoms with van der Waals surface area (Å²) in [4.78, 5) is 27.3. The van der Waals surface area contributed by atoms with Crippen LogP contribution in [0.2, 0.25) is 0 Å². The van der Waals surface area contributed by atoms with Crippen molar-refractivity contribution in [2.24, 2.45) is 11.8 Å². The number of nitrogens with zero attached hydrogens (tertiary/aromatic N) is 4. The lowest BCUT2D eigenvalue weighted by Gasteiger charge is -2.25. The fraction of sp³-hybridized carbons (Fsp3) is 0.333. The molecule has 29 heavy (non-hydrogen) atoms. The van der Waals surface area contributed by atoms with Crippen molar-refractivity contribution >= 4 is 17.5 Å². The Hall–Kier alpha value is -3.42. The molecular weight excluding hydrogens is 370 g/mol. The van der Waals surface area contributed by atoms with Crippen LogP contribution in [0.4, 0.5) is 5.69 Å². The molecule has 148 valence electrons. The molecule has 2 aromatic heterocycles. The summed E-state index contributed by atoms with van der Waals surface area (Å²) in [5, 5.41) is 11.2. The van der Waals surface area contributed by atoms with Crippen LogP contribution < -0.4 is 5.32 Å². The maximum Gasteiger partial charge on any atom is 0.293 e. The lowest BCUT2D eigenvalue weighted by Crippen LogP contribution is -2.31. The summed E-state index contributed by atoms with van der Waals surface area (Å²) in [7, 11) is 0. The molecule has 8 nitrogen and oxygen atoms in total. The second kappa shape index (κ2) is 6.88. The summed E-state index contributed by atoms with van der Waals surface area (Å²) in [6.07, 6.45) is 0.706. The van der Waals surface area contributed by atoms with E-state index in [2.05, 4.69) is 15.5 Å². The number of hydrogen-bond acceptors (Lipinski definition) is 5. The Kier molecular flexibility index (Phi) is 4.19. The van der Waals surface area contributed by atoms with Gasteiger partial charge in [-0.1, -0.05) is 18.2 Å². The van der Waals surface area contributed by atoms with Crippen LogP contribution in [0.15, 0.2) is 46.9 Å². The molecule has 2 atom stereocenters. The van der Waals surface area contributed by atoms with Crippen LogP contribution in [0.3, 0.4) is 0 Å². The van der Waals surface area contributed by atoms with Crippen molar-refractivity contribution < 1.29 is 14.0 Å². The Morgan fingerprint density at radius 1 is 1.03 bits per heavy atom. The smallest absolute Gasteiger partial charge is 0.293 e. The second-order valence-electron chi connectivity index (χ2n) is 7.72. The summed E-state index contributed by atoms with van der Waals surface area (Å²) < 4.78 is 7.39. The molecular formula is C21H21N5O3. The van der Waals surface area contributed by atoms with Gasteiger partial charge in [0.05, 0.1) is 0 Å². The first-order valence-corrected chi connectivity index (χ1v) is 9.72. The van der Waals surface area contributed by atoms with Crippen molar-refractivity contribution in [3.05, 3.63) is 65.6 Å². The van der Waals surface area contributed by atoms with Crippen molar-refractivity contribution in [1.82, 2.24) is 19.7 Å². The number of benzene rings is 1. The Morgan fingerprint density at radius 3 is 2.59 bits per heavy atom. The number of carbonyl (C=O) groups is 2. The molecule has 0 spiro atoms. The van der Waals surface area contributed by atoms with E-state index in [4.69, 9.17) is 4.42 Å². The molecule has 2 aliphatic rings. The van der Waals surface area contributed by atoms with Gasteiger partial charge in [0.15, 0.2) is 5.76 Å². The molecule has 0 unspecified atom stereocenters. The number of anilines is 1. The number of carbonyl (C=O) groups excluding carboxylic acids is 2. The van der Waals surface area contributed by atoms with E-state index in [0.29, 0.717) is 43.6 Å². The van der Waals surface area contributed by atoms with E-state index in [-0.39, 0.29) is 17.7 Å². The van der Waals surface area contributed by atoms with Crippen LogP contribution in [-0.4, -0.2) is 44.6 Å². The highest BCUT2D eigenvalue weighted by Crippen LogP contribution is 2.33. The molecule has 8 heteroatoms. The fourth-order valence-corrected chi connectivity index (χ4v) is 4.27. The molecule has 0 saturated carbocycles. The third-order valence-electron chi connectivity index (χ3n) is 5.74. The Morgan fingerprint density at radius 2 is 1.83 bits per heavy atom. The average molecular weight is 391 g/mol. The van der Waals surface area contributed by atoms with Crippen molar-refractivity contribution in [3.8, 4) is 0 Å². The molecule has 1 saturated heterocycles. The summed E-state index contributed by atoms with van der Waals surface area (Å²) in [6.45, 7) is 3.77. The second-order valence-corrected chi connectivity index (χ2v) is 7.72. The highest BCUT2D eigenvalue weighted by atomic mass is 16.3. The van der Waals surface area contributed by atoms with Crippen LogP contribution in [-0.2, 0) is 13.0 Å². The first-order valence-electron chi connectivity index (χ1n) is 9.72. The van der Waals surface area contributed by atoms with E-state index >= 15 is 0 Å². The lowest BCUT2D eigenvalue weighted by molar-refractivity contribution is 0.0750. The number of furan rings is 1. The van der Waals surface area contributed by atoms with Gasteiger partial charge in [0.2, 0.25) is 5.82 Å². The Balaban J connectivity index is 1.31. The lowest BCUT2D eigenvalue weighted by atomic mass is 9.89. The minimum atomic E-state index is -0.273. The van der Waals surface area contributed by atoms with Gasteiger partial charge in [-0.3, -0.25) is 9.59 Å². The number of hydrogen-bond donors (Lipinski definition) is 1. The van der Waals surface area contributed by atoms with Crippen molar-refractivity contribution in [1.29, 1.82) is 0 Å². The maximum absolute atomic E-state index is 12.7. The third-order valence-corrected chi connectivity index (χ3v) is 5.74. The molecule has 4 heterocycles. The maximum atomic E-state index is 12.7. The SMILES string of the molecule is Cc1ccc(C(=O)N2C[C@H]3Cc4nnc(C(=O)Nc5ccccc5)n4C[C@@H]3C2)o1. The van der Waals surface area contributed by atoms with Crippen LogP contribution >= 0.6 is 0 Å². The van der Waals surface area contributed by atoms with Crippen LogP contribution in [0.25, 0.3) is 0 Å². The number of likely N-dealkylation sites (tertiary alicyclic amines) is 1. The first-order chi connectivity index (χ1) is 14.1. The first kappa shape index (κ1) is 17.7. The summed E-state index contributed by atoms with van der Waals surface area (Å²) in [6, 6.07) is 12.8. The number of rotatable bonds is 3. The molecule has 3 aromatic rings. The van der Waals surface area contributed by atoms with Gasteiger partial charge in [-0.15, -0.1) is 10.2 Å². The van der Waals surface area contributed by atoms with E-state index < -0.39 is 0 Å². The Labute approximate surface area is 167 Å². The van der Waals surface area contributed by atoms with Crippen molar-refractivity contribution in [2.75, 3.05) is 18.4 Å². The molecule has 2 amide bonds. The van der Waals surface area contributed by atoms with E-state index in [1.807, 2.05) is 46.7 Å². The standard InChI is InChI=1S/C21H21N5O3/c1-13-7-8-17(29-13)21(28)25-10-14-9-18-23-24-19(26(18)12-15(14)11-25)20(27)22-16-5-3-2-4-6-16/h2-8,14-15H,9-12H2,1H3,(H,22,27)/t14-,15+/m1/s1. The normalized spacial score (nSPS) is 20.2. The van der Waals surface area contributed by atoms with E-state index in [9.17, 15) is 9.59 Å². The number of aryl methyl sites for hydroxylation is 1. The third kappa shape index (κ3) is 3.20. The van der Waals surface area contributed by atoms with Crippen molar-refractivity contribution in [3.63, 3.8) is 0 Å². The minimum absolute atomic E-state index is 0.0784. The van der Waals surface area contributed by atoms with Gasteiger partial charge in [-0.2, -0.15) is 0 Å². The summed E-state index contributed by atoms with van der Waals surface area (Å²) in [5.74, 6) is 2.45. The van der Waals surface area contributed by atoms with Gasteiger partial charge in [-0.05, 0) is 43.0 Å². The van der Waals surface area contributed by atoms with Gasteiger partial charge in [0.25, 0.3) is 11.8 Å². The minimum Gasteiger partial charge on any atom is -0.456 e. The molecule has 1 N–H and O–H groups in total. The number of amides is 2. The quantitative estimate of drug-likeness (QED) is 0.740. The molecule has 1 fully saturated rings. The zero-order valence-corrected chi connectivity index (χ0v) is 16.0. The molecule has 0 aliphatic carbocycles. The number of para-hydroxylation sites is 1. The molecule has 2 aliphatic heterocycles. The fourth-order valence-electron chi connectivity index (χ4n) is 4.27. The largest absolute Gasteiger partial charge is 0.456 e. The van der Waals surface area contributed by atoms with Gasteiger partial charge in [0.1, 0.15) is 11.6 Å². The predicted molar refractivity (Wildman–Crippen MR) is 104 cm³/mol. The van der Waals surface area contributed by atoms with E-state index in [1.165, 1.54) is 0 Å². The molecule has 0 bridgehead atoms. The van der Waals surface area contributed by atoms with Gasteiger partial charge < -0.3 is 19.2 Å². The van der Waals surface area contributed by atoms with Crippen molar-refractivity contribution in [2.45, 2.75) is 19.9 Å². The highest BCUT2D eigenvalue weighted by molar-refractivity contribution is 6.01. The van der Waals surface area contributed by atoms with Gasteiger partial charge in [0, 0.05) is 31.7 Å². The van der Waals surface area contributed by atoms with E-state index in [0.717, 1.165) is 17.3 Å². The van der Waals surface area contributed by atoms with Gasteiger partial charge in [-0.25, -0.2) is 0 Å². The topological polar surface area (TPSA) is 93.3 Å². The Bertz CT molecular complexity index is 1070. The number of fused-ring (bicyclic) bond motifs is 2. The summed E-state index contributed by atoms with van der Waals surface area (Å²) in [5.41, 5.74) is 0.718. The molecule has 1 aromatic carbocycles. The summed E-state index contributed by atoms with van der Waals surface area (Å²) >= 11 is 0. The average Bonchev–Trinajstić information content (AvgIpc) is 3.43. The number of aromatic nitrogens is 3. The zero-order chi connectivity index (χ0) is 20.0. The monoisotopic (exact) mass is 391 g/mol. The van der Waals surface area contributed by atoms with Crippen LogP contribution in [0.5, 0.6) is 0 Å². The molecule has 5 rings (SSSR count). The van der Waals surface area contributed by atoms with E-state index in [1.54, 1.807) is 12.1 Å². The number of nitrogens with one attached hydrogen (secondary N) is 1.